The molecule has 0 unspecified atom stereocenters. The van der Waals surface area contributed by atoms with Crippen LogP contribution in [0.4, 0.5) is 13.2 Å². The van der Waals surface area contributed by atoms with E-state index in [1.165, 1.54) is 25.3 Å². The highest BCUT2D eigenvalue weighted by atomic mass is 19.4. The lowest BCUT2D eigenvalue weighted by molar-refractivity contribution is -0.274. The van der Waals surface area contributed by atoms with Crippen LogP contribution in [0.1, 0.15) is 12.0 Å². The number of ether oxygens (including phenoxy) is 2. The molecule has 0 radical (unpaired) electrons. The first-order valence-corrected chi connectivity index (χ1v) is 7.05. The van der Waals surface area contributed by atoms with Crippen LogP contribution in [0.15, 0.2) is 24.3 Å². The molecular formula is C15H18F3NO5. The van der Waals surface area contributed by atoms with Gasteiger partial charge in [0, 0.05) is 20.1 Å². The molecule has 0 aliphatic rings. The summed E-state index contributed by atoms with van der Waals surface area (Å²) in [5.41, 5.74) is 0.213. The van der Waals surface area contributed by atoms with E-state index in [9.17, 15) is 22.8 Å². The van der Waals surface area contributed by atoms with Crippen LogP contribution in [0.2, 0.25) is 0 Å². The lowest BCUT2D eigenvalue weighted by Crippen LogP contribution is -2.38. The zero-order valence-electron chi connectivity index (χ0n) is 13.0. The molecule has 24 heavy (non-hydrogen) atoms. The van der Waals surface area contributed by atoms with Crippen LogP contribution >= 0.6 is 0 Å². The van der Waals surface area contributed by atoms with Gasteiger partial charge in [0.05, 0.1) is 6.61 Å². The van der Waals surface area contributed by atoms with Gasteiger partial charge >= 0.3 is 12.3 Å². The second kappa shape index (κ2) is 9.11. The third-order valence-electron chi connectivity index (χ3n) is 3.05. The highest BCUT2D eigenvalue weighted by molar-refractivity contribution is 5.81. The molecule has 0 saturated heterocycles. The number of aliphatic carboxylic acids is 1. The highest BCUT2D eigenvalue weighted by Gasteiger charge is 2.32. The summed E-state index contributed by atoms with van der Waals surface area (Å²) >= 11 is 0. The van der Waals surface area contributed by atoms with Gasteiger partial charge in [-0.05, 0) is 18.1 Å². The van der Waals surface area contributed by atoms with Crippen molar-refractivity contribution in [3.05, 3.63) is 29.8 Å². The molecule has 1 aromatic carbocycles. The van der Waals surface area contributed by atoms with Gasteiger partial charge in [0.25, 0.3) is 0 Å². The number of hydrogen-bond acceptors (Lipinski definition) is 4. The van der Waals surface area contributed by atoms with E-state index in [-0.39, 0.29) is 37.3 Å². The summed E-state index contributed by atoms with van der Waals surface area (Å²) in [6, 6.07) is 5.50. The Labute approximate surface area is 136 Å². The van der Waals surface area contributed by atoms with Crippen LogP contribution in [0.5, 0.6) is 5.75 Å². The summed E-state index contributed by atoms with van der Waals surface area (Å²) in [5, 5.41) is 8.81. The maximum atomic E-state index is 12.4. The Balaban J connectivity index is 2.72. The van der Waals surface area contributed by atoms with E-state index in [1.54, 1.807) is 0 Å². The number of aryl methyl sites for hydroxylation is 1. The summed E-state index contributed by atoms with van der Waals surface area (Å²) in [4.78, 5) is 24.0. The number of nitrogens with zero attached hydrogens (tertiary/aromatic N) is 1. The van der Waals surface area contributed by atoms with Crippen molar-refractivity contribution in [1.29, 1.82) is 0 Å². The van der Waals surface area contributed by atoms with Crippen molar-refractivity contribution in [3.63, 3.8) is 0 Å². The van der Waals surface area contributed by atoms with Crippen LogP contribution in [0.25, 0.3) is 0 Å². The Kier molecular flexibility index (Phi) is 7.50. The van der Waals surface area contributed by atoms with E-state index in [0.717, 1.165) is 11.0 Å². The van der Waals surface area contributed by atoms with E-state index in [0.29, 0.717) is 0 Å². The van der Waals surface area contributed by atoms with E-state index in [4.69, 9.17) is 9.84 Å². The van der Waals surface area contributed by atoms with E-state index in [2.05, 4.69) is 4.74 Å². The largest absolute Gasteiger partial charge is 0.573 e. The molecule has 134 valence electrons. The second-order valence-corrected chi connectivity index (χ2v) is 4.86. The van der Waals surface area contributed by atoms with Crippen LogP contribution in [-0.4, -0.2) is 55.1 Å². The maximum absolute atomic E-state index is 12.4. The monoisotopic (exact) mass is 349 g/mol. The lowest BCUT2D eigenvalue weighted by Gasteiger charge is -2.20. The first kappa shape index (κ1) is 19.8. The number of rotatable bonds is 9. The van der Waals surface area contributed by atoms with Crippen LogP contribution < -0.4 is 4.74 Å². The number of methoxy groups -OCH3 is 1. The van der Waals surface area contributed by atoms with Gasteiger partial charge in [-0.15, -0.1) is 13.2 Å². The van der Waals surface area contributed by atoms with Gasteiger partial charge in [0.1, 0.15) is 12.3 Å². The summed E-state index contributed by atoms with van der Waals surface area (Å²) in [6.07, 6.45) is -4.97. The molecule has 1 aromatic rings. The molecule has 0 spiro atoms. The molecular weight excluding hydrogens is 331 g/mol. The van der Waals surface area contributed by atoms with Crippen molar-refractivity contribution in [2.24, 2.45) is 0 Å². The average molecular weight is 349 g/mol. The quantitative estimate of drug-likeness (QED) is 0.739. The van der Waals surface area contributed by atoms with Crippen molar-refractivity contribution in [3.8, 4) is 5.75 Å². The zero-order chi connectivity index (χ0) is 18.2. The van der Waals surface area contributed by atoms with E-state index < -0.39 is 24.8 Å². The molecule has 0 atom stereocenters. The average Bonchev–Trinajstić information content (AvgIpc) is 2.48. The number of alkyl halides is 3. The van der Waals surface area contributed by atoms with E-state index >= 15 is 0 Å². The van der Waals surface area contributed by atoms with Crippen LogP contribution in [-0.2, 0) is 20.7 Å². The molecule has 0 aromatic heterocycles. The SMILES string of the molecule is COCCN(CC(=O)O)C(=O)CCc1ccccc1OC(F)(F)F. The number of halogens is 3. The van der Waals surface area contributed by atoms with Gasteiger partial charge in [-0.2, -0.15) is 0 Å². The Morgan fingerprint density at radius 2 is 1.92 bits per heavy atom. The number of hydrogen-bond donors (Lipinski definition) is 1. The third kappa shape index (κ3) is 7.32. The molecule has 0 saturated carbocycles. The Morgan fingerprint density at radius 3 is 2.50 bits per heavy atom. The van der Waals surface area contributed by atoms with Gasteiger partial charge < -0.3 is 19.5 Å². The van der Waals surface area contributed by atoms with Crippen molar-refractivity contribution in [2.75, 3.05) is 26.8 Å². The molecule has 0 fully saturated rings. The third-order valence-corrected chi connectivity index (χ3v) is 3.05. The minimum Gasteiger partial charge on any atom is -0.480 e. The van der Waals surface area contributed by atoms with E-state index in [1.807, 2.05) is 0 Å². The molecule has 6 nitrogen and oxygen atoms in total. The fourth-order valence-electron chi connectivity index (χ4n) is 1.99. The smallest absolute Gasteiger partial charge is 0.480 e. The number of carbonyl (C=O) groups excluding carboxylic acids is 1. The second-order valence-electron chi connectivity index (χ2n) is 4.86. The minimum atomic E-state index is -4.83. The minimum absolute atomic E-state index is 0.00577. The number of benzene rings is 1. The number of para-hydroxylation sites is 1. The zero-order valence-corrected chi connectivity index (χ0v) is 13.0. The molecule has 9 heteroatoms. The molecule has 0 heterocycles. The Bertz CT molecular complexity index is 562. The summed E-state index contributed by atoms with van der Waals surface area (Å²) in [7, 11) is 1.41. The fraction of sp³-hybridized carbons (Fsp3) is 0.467. The maximum Gasteiger partial charge on any atom is 0.573 e. The van der Waals surface area contributed by atoms with Crippen LogP contribution in [0.3, 0.4) is 0 Å². The van der Waals surface area contributed by atoms with Crippen molar-refractivity contribution >= 4 is 11.9 Å². The molecule has 0 aliphatic heterocycles. The molecule has 1 rings (SSSR count). The standard InChI is InChI=1S/C15H18F3NO5/c1-23-9-8-19(10-14(21)22)13(20)7-6-11-4-2-3-5-12(11)24-15(16,17)18/h2-5H,6-10H2,1H3,(H,21,22). The predicted octanol–water partition coefficient (Wildman–Crippen LogP) is 2.08. The lowest BCUT2D eigenvalue weighted by atomic mass is 10.1. The molecule has 0 aliphatic carbocycles. The number of carboxylic acid groups (broad SMARTS) is 1. The normalized spacial score (nSPS) is 11.2. The van der Waals surface area contributed by atoms with Crippen molar-refractivity contribution < 1.29 is 37.3 Å². The number of carboxylic acids is 1. The fourth-order valence-corrected chi connectivity index (χ4v) is 1.99. The molecule has 0 bridgehead atoms. The van der Waals surface area contributed by atoms with Crippen LogP contribution in [0, 0.1) is 0 Å². The summed E-state index contributed by atoms with van der Waals surface area (Å²) in [6.45, 7) is -0.252. The Morgan fingerprint density at radius 1 is 1.25 bits per heavy atom. The van der Waals surface area contributed by atoms with Gasteiger partial charge in [0.15, 0.2) is 0 Å². The van der Waals surface area contributed by atoms with Gasteiger partial charge in [0.2, 0.25) is 5.91 Å². The van der Waals surface area contributed by atoms with Gasteiger partial charge in [-0.1, -0.05) is 18.2 Å². The topological polar surface area (TPSA) is 76.1 Å². The number of amides is 1. The first-order valence-electron chi connectivity index (χ1n) is 7.05. The van der Waals surface area contributed by atoms with Gasteiger partial charge in [-0.3, -0.25) is 9.59 Å². The first-order chi connectivity index (χ1) is 11.2. The molecule has 1 amide bonds. The Hall–Kier alpha value is -2.29. The summed E-state index contributed by atoms with van der Waals surface area (Å²) < 4.78 is 45.8. The van der Waals surface area contributed by atoms with Gasteiger partial charge in [-0.25, -0.2) is 0 Å². The van der Waals surface area contributed by atoms with Crippen molar-refractivity contribution in [1.82, 2.24) is 4.90 Å². The highest BCUT2D eigenvalue weighted by Crippen LogP contribution is 2.27. The number of carbonyl (C=O) groups is 2. The van der Waals surface area contributed by atoms with Crippen molar-refractivity contribution in [2.45, 2.75) is 19.2 Å². The molecule has 1 N–H and O–H groups in total. The summed E-state index contributed by atoms with van der Waals surface area (Å²) in [5.74, 6) is -2.05. The predicted molar refractivity (Wildman–Crippen MR) is 77.5 cm³/mol.